The molecule has 0 atom stereocenters. The van der Waals surface area contributed by atoms with Crippen molar-refractivity contribution >= 4 is 5.57 Å². The first kappa shape index (κ1) is 9.90. The van der Waals surface area contributed by atoms with E-state index in [2.05, 4.69) is 6.58 Å². The van der Waals surface area contributed by atoms with Crippen molar-refractivity contribution < 1.29 is 8.78 Å². The van der Waals surface area contributed by atoms with Crippen LogP contribution in [-0.2, 0) is 0 Å². The summed E-state index contributed by atoms with van der Waals surface area (Å²) in [5.41, 5.74) is 1.14. The Bertz CT molecular complexity index is 316. The van der Waals surface area contributed by atoms with Gasteiger partial charge in [0.2, 0.25) is 0 Å². The maximum atomic E-state index is 13.1. The Morgan fingerprint density at radius 2 is 2.08 bits per heavy atom. The van der Waals surface area contributed by atoms with Crippen molar-refractivity contribution in [2.24, 2.45) is 0 Å². The second-order valence-electron chi connectivity index (χ2n) is 2.98. The molecule has 0 N–H and O–H groups in total. The summed E-state index contributed by atoms with van der Waals surface area (Å²) < 4.78 is 25.7. The third-order valence-electron chi connectivity index (χ3n) is 1.86. The second kappa shape index (κ2) is 4.17. The molecule has 1 aromatic carbocycles. The SMILES string of the molecule is C=C(CCC)c1ccc(F)cc1F. The highest BCUT2D eigenvalue weighted by Crippen LogP contribution is 2.21. The molecule has 0 bridgehead atoms. The minimum absolute atomic E-state index is 0.420. The van der Waals surface area contributed by atoms with Crippen molar-refractivity contribution in [1.82, 2.24) is 0 Å². The molecule has 0 amide bonds. The van der Waals surface area contributed by atoms with E-state index in [-0.39, 0.29) is 0 Å². The van der Waals surface area contributed by atoms with Crippen LogP contribution < -0.4 is 0 Å². The number of halogens is 2. The molecule has 2 heteroatoms. The fourth-order valence-electron chi connectivity index (χ4n) is 1.21. The summed E-state index contributed by atoms with van der Waals surface area (Å²) in [4.78, 5) is 0. The number of benzene rings is 1. The predicted molar refractivity (Wildman–Crippen MR) is 50.3 cm³/mol. The van der Waals surface area contributed by atoms with Gasteiger partial charge < -0.3 is 0 Å². The monoisotopic (exact) mass is 182 g/mol. The maximum Gasteiger partial charge on any atom is 0.133 e. The molecule has 0 spiro atoms. The molecule has 0 aliphatic heterocycles. The lowest BCUT2D eigenvalue weighted by atomic mass is 10.0. The Labute approximate surface area is 76.9 Å². The fourth-order valence-corrected chi connectivity index (χ4v) is 1.21. The van der Waals surface area contributed by atoms with Crippen molar-refractivity contribution in [3.05, 3.63) is 42.0 Å². The zero-order chi connectivity index (χ0) is 9.84. The molecule has 0 aliphatic rings. The molecule has 0 aliphatic carbocycles. The molecule has 1 aromatic rings. The summed E-state index contributed by atoms with van der Waals surface area (Å²) in [6.07, 6.45) is 1.65. The summed E-state index contributed by atoms with van der Waals surface area (Å²) in [7, 11) is 0. The van der Waals surface area contributed by atoms with Gasteiger partial charge in [0.15, 0.2) is 0 Å². The maximum absolute atomic E-state index is 13.1. The van der Waals surface area contributed by atoms with E-state index in [4.69, 9.17) is 0 Å². The molecular weight excluding hydrogens is 170 g/mol. The Kier molecular flexibility index (Phi) is 3.18. The third kappa shape index (κ3) is 2.38. The average molecular weight is 182 g/mol. The quantitative estimate of drug-likeness (QED) is 0.667. The minimum atomic E-state index is -0.550. The van der Waals surface area contributed by atoms with Crippen LogP contribution in [-0.4, -0.2) is 0 Å². The lowest BCUT2D eigenvalue weighted by molar-refractivity contribution is 0.580. The summed E-state index contributed by atoms with van der Waals surface area (Å²) in [5, 5.41) is 0. The first-order valence-corrected chi connectivity index (χ1v) is 4.28. The van der Waals surface area contributed by atoms with E-state index >= 15 is 0 Å². The largest absolute Gasteiger partial charge is 0.207 e. The van der Waals surface area contributed by atoms with E-state index in [1.807, 2.05) is 6.92 Å². The summed E-state index contributed by atoms with van der Waals surface area (Å²) >= 11 is 0. The molecule has 0 aromatic heterocycles. The van der Waals surface area contributed by atoms with Gasteiger partial charge in [-0.3, -0.25) is 0 Å². The molecule has 0 radical (unpaired) electrons. The van der Waals surface area contributed by atoms with Crippen LogP contribution in [0.3, 0.4) is 0 Å². The van der Waals surface area contributed by atoms with Crippen LogP contribution in [0.15, 0.2) is 24.8 Å². The van der Waals surface area contributed by atoms with Gasteiger partial charge in [0.1, 0.15) is 11.6 Å². The molecule has 0 unspecified atom stereocenters. The molecule has 0 heterocycles. The highest BCUT2D eigenvalue weighted by atomic mass is 19.1. The lowest BCUT2D eigenvalue weighted by Crippen LogP contribution is -1.89. The molecule has 0 nitrogen and oxygen atoms in total. The molecule has 70 valence electrons. The molecular formula is C11H12F2. The van der Waals surface area contributed by atoms with E-state index in [1.54, 1.807) is 0 Å². The van der Waals surface area contributed by atoms with Gasteiger partial charge >= 0.3 is 0 Å². The van der Waals surface area contributed by atoms with Crippen LogP contribution in [0.2, 0.25) is 0 Å². The van der Waals surface area contributed by atoms with Crippen LogP contribution >= 0.6 is 0 Å². The van der Waals surface area contributed by atoms with E-state index in [0.29, 0.717) is 5.56 Å². The first-order chi connectivity index (χ1) is 6.15. The standard InChI is InChI=1S/C11H12F2/c1-3-4-8(2)10-6-5-9(12)7-11(10)13/h5-7H,2-4H2,1H3. The Morgan fingerprint density at radius 1 is 1.38 bits per heavy atom. The lowest BCUT2D eigenvalue weighted by Gasteiger charge is -2.05. The molecule has 0 saturated heterocycles. The minimum Gasteiger partial charge on any atom is -0.207 e. The van der Waals surface area contributed by atoms with Crippen LogP contribution in [0.5, 0.6) is 0 Å². The van der Waals surface area contributed by atoms with Gasteiger partial charge in [-0.25, -0.2) is 8.78 Å². The Morgan fingerprint density at radius 3 is 2.62 bits per heavy atom. The zero-order valence-electron chi connectivity index (χ0n) is 7.61. The van der Waals surface area contributed by atoms with Gasteiger partial charge in [0.25, 0.3) is 0 Å². The van der Waals surface area contributed by atoms with Crippen molar-refractivity contribution in [2.45, 2.75) is 19.8 Å². The molecule has 1 rings (SSSR count). The van der Waals surface area contributed by atoms with Gasteiger partial charge in [0, 0.05) is 11.6 Å². The number of hydrogen-bond acceptors (Lipinski definition) is 0. The van der Waals surface area contributed by atoms with E-state index < -0.39 is 11.6 Å². The average Bonchev–Trinajstić information content (AvgIpc) is 2.04. The van der Waals surface area contributed by atoms with Crippen molar-refractivity contribution in [3.63, 3.8) is 0 Å². The molecule has 0 saturated carbocycles. The Balaban J connectivity index is 2.95. The van der Waals surface area contributed by atoms with Crippen LogP contribution in [0.4, 0.5) is 8.78 Å². The van der Waals surface area contributed by atoms with Crippen LogP contribution in [0, 0.1) is 11.6 Å². The summed E-state index contributed by atoms with van der Waals surface area (Å²) in [6.45, 7) is 5.74. The van der Waals surface area contributed by atoms with Crippen molar-refractivity contribution in [1.29, 1.82) is 0 Å². The third-order valence-corrected chi connectivity index (χ3v) is 1.86. The van der Waals surface area contributed by atoms with Gasteiger partial charge in [-0.1, -0.05) is 19.9 Å². The predicted octanol–water partition coefficient (Wildman–Crippen LogP) is 3.78. The molecule has 0 fully saturated rings. The van der Waals surface area contributed by atoms with Gasteiger partial charge in [-0.2, -0.15) is 0 Å². The fraction of sp³-hybridized carbons (Fsp3) is 0.273. The van der Waals surface area contributed by atoms with Gasteiger partial charge in [-0.05, 0) is 24.1 Å². The molecule has 13 heavy (non-hydrogen) atoms. The highest BCUT2D eigenvalue weighted by molar-refractivity contribution is 5.63. The zero-order valence-corrected chi connectivity index (χ0v) is 7.61. The van der Waals surface area contributed by atoms with E-state index in [0.717, 1.165) is 24.5 Å². The highest BCUT2D eigenvalue weighted by Gasteiger charge is 2.05. The van der Waals surface area contributed by atoms with Crippen molar-refractivity contribution in [2.75, 3.05) is 0 Å². The first-order valence-electron chi connectivity index (χ1n) is 4.28. The topological polar surface area (TPSA) is 0 Å². The normalized spacial score (nSPS) is 10.1. The van der Waals surface area contributed by atoms with Gasteiger partial charge in [-0.15, -0.1) is 0 Å². The van der Waals surface area contributed by atoms with Crippen molar-refractivity contribution in [3.8, 4) is 0 Å². The summed E-state index contributed by atoms with van der Waals surface area (Å²) in [5.74, 6) is -1.08. The summed E-state index contributed by atoms with van der Waals surface area (Å²) in [6, 6.07) is 3.57. The van der Waals surface area contributed by atoms with Crippen LogP contribution in [0.1, 0.15) is 25.3 Å². The second-order valence-corrected chi connectivity index (χ2v) is 2.98. The van der Waals surface area contributed by atoms with E-state index in [1.165, 1.54) is 12.1 Å². The smallest absolute Gasteiger partial charge is 0.133 e. The Hall–Kier alpha value is -1.18. The number of allylic oxidation sites excluding steroid dienone is 1. The number of hydrogen-bond donors (Lipinski definition) is 0. The number of rotatable bonds is 3. The van der Waals surface area contributed by atoms with E-state index in [9.17, 15) is 8.78 Å². The van der Waals surface area contributed by atoms with Crippen LogP contribution in [0.25, 0.3) is 5.57 Å². The van der Waals surface area contributed by atoms with Gasteiger partial charge in [0.05, 0.1) is 0 Å².